The van der Waals surface area contributed by atoms with Crippen molar-refractivity contribution in [2.75, 3.05) is 0 Å². The van der Waals surface area contributed by atoms with Gasteiger partial charge in [0.25, 0.3) is 0 Å². The monoisotopic (exact) mass is 822 g/mol. The minimum atomic E-state index is 0.589. The highest BCUT2D eigenvalue weighted by Crippen LogP contribution is 2.46. The van der Waals surface area contributed by atoms with Gasteiger partial charge in [-0.25, -0.2) is 15.0 Å². The summed E-state index contributed by atoms with van der Waals surface area (Å²) in [5.74, 6) is 1.80. The molecule has 63 heavy (non-hydrogen) atoms. The van der Waals surface area contributed by atoms with Crippen LogP contribution in [-0.4, -0.2) is 19.5 Å². The smallest absolute Gasteiger partial charge is 0.165 e. The molecule has 0 fully saturated rings. The van der Waals surface area contributed by atoms with Crippen molar-refractivity contribution >= 4 is 75.3 Å². The van der Waals surface area contributed by atoms with Crippen molar-refractivity contribution in [1.82, 2.24) is 19.5 Å². The molecule has 0 saturated carbocycles. The van der Waals surface area contributed by atoms with Gasteiger partial charge in [-0.15, -0.1) is 11.3 Å². The Morgan fingerprint density at radius 3 is 1.67 bits per heavy atom. The minimum Gasteiger partial charge on any atom is -0.456 e. The quantitative estimate of drug-likeness (QED) is 0.168. The van der Waals surface area contributed by atoms with Crippen molar-refractivity contribution < 1.29 is 4.42 Å². The maximum atomic E-state index is 6.37. The van der Waals surface area contributed by atoms with Crippen molar-refractivity contribution in [2.24, 2.45) is 0 Å². The molecule has 4 heterocycles. The van der Waals surface area contributed by atoms with E-state index in [9.17, 15) is 0 Å². The van der Waals surface area contributed by atoms with Crippen molar-refractivity contribution in [2.45, 2.75) is 0 Å². The summed E-state index contributed by atoms with van der Waals surface area (Å²) in [4.78, 5) is 16.1. The van der Waals surface area contributed by atoms with Crippen LogP contribution in [0.2, 0.25) is 0 Å². The van der Waals surface area contributed by atoms with Crippen LogP contribution in [0.15, 0.2) is 211 Å². The third kappa shape index (κ3) is 5.73. The van der Waals surface area contributed by atoms with Gasteiger partial charge in [0.05, 0.1) is 11.0 Å². The Morgan fingerprint density at radius 2 is 0.889 bits per heavy atom. The van der Waals surface area contributed by atoms with E-state index >= 15 is 0 Å². The molecule has 294 valence electrons. The zero-order chi connectivity index (χ0) is 41.4. The van der Waals surface area contributed by atoms with Crippen LogP contribution >= 0.6 is 11.3 Å². The number of benzene rings is 9. The van der Waals surface area contributed by atoms with Gasteiger partial charge in [-0.3, -0.25) is 0 Å². The zero-order valence-electron chi connectivity index (χ0n) is 33.7. The highest BCUT2D eigenvalue weighted by atomic mass is 32.1. The van der Waals surface area contributed by atoms with E-state index < -0.39 is 0 Å². The summed E-state index contributed by atoms with van der Waals surface area (Å²) in [6.07, 6.45) is 0. The van der Waals surface area contributed by atoms with Gasteiger partial charge in [0.15, 0.2) is 17.5 Å². The van der Waals surface area contributed by atoms with E-state index in [0.717, 1.165) is 65.4 Å². The van der Waals surface area contributed by atoms with Crippen LogP contribution in [0, 0.1) is 0 Å². The number of aromatic nitrogens is 4. The molecule has 0 unspecified atom stereocenters. The number of hydrogen-bond acceptors (Lipinski definition) is 5. The van der Waals surface area contributed by atoms with E-state index in [-0.39, 0.29) is 0 Å². The van der Waals surface area contributed by atoms with Gasteiger partial charge < -0.3 is 8.98 Å². The molecule has 13 aromatic rings. The maximum absolute atomic E-state index is 6.37. The lowest BCUT2D eigenvalue weighted by atomic mass is 9.97. The second-order valence-electron chi connectivity index (χ2n) is 15.9. The lowest BCUT2D eigenvalue weighted by Gasteiger charge is -2.13. The molecule has 4 aromatic heterocycles. The van der Waals surface area contributed by atoms with E-state index in [4.69, 9.17) is 19.4 Å². The first kappa shape index (κ1) is 35.6. The number of fused-ring (bicyclic) bond motifs is 9. The van der Waals surface area contributed by atoms with E-state index in [1.807, 2.05) is 48.5 Å². The average Bonchev–Trinajstić information content (AvgIpc) is 4.04. The molecule has 0 saturated heterocycles. The Kier molecular flexibility index (Phi) is 8.01. The van der Waals surface area contributed by atoms with Crippen molar-refractivity contribution in [3.8, 4) is 62.1 Å². The first-order chi connectivity index (χ1) is 31.2. The second-order valence-corrected chi connectivity index (χ2v) is 16.9. The maximum Gasteiger partial charge on any atom is 0.165 e. The molecule has 13 rings (SSSR count). The molecule has 0 aliphatic rings. The van der Waals surface area contributed by atoms with Gasteiger partial charge in [0, 0.05) is 64.1 Å². The Hall–Kier alpha value is -8.19. The van der Waals surface area contributed by atoms with E-state index in [2.05, 4.69) is 162 Å². The van der Waals surface area contributed by atoms with Crippen LogP contribution in [0.5, 0.6) is 0 Å². The number of para-hydroxylation sites is 3. The molecular formula is C57H34N4OS. The highest BCUT2D eigenvalue weighted by Gasteiger charge is 2.23. The third-order valence-corrected chi connectivity index (χ3v) is 13.5. The number of rotatable bonds is 6. The van der Waals surface area contributed by atoms with Gasteiger partial charge in [0.1, 0.15) is 11.2 Å². The molecule has 0 atom stereocenters. The summed E-state index contributed by atoms with van der Waals surface area (Å²) in [6.45, 7) is 0. The molecule has 0 bridgehead atoms. The summed E-state index contributed by atoms with van der Waals surface area (Å²) in [5.41, 5.74) is 12.4. The summed E-state index contributed by atoms with van der Waals surface area (Å²) in [7, 11) is 0. The predicted octanol–water partition coefficient (Wildman–Crippen LogP) is 15.6. The Morgan fingerprint density at radius 1 is 0.349 bits per heavy atom. The highest BCUT2D eigenvalue weighted by molar-refractivity contribution is 7.26. The van der Waals surface area contributed by atoms with Crippen LogP contribution in [0.3, 0.4) is 0 Å². The van der Waals surface area contributed by atoms with Crippen molar-refractivity contribution in [1.29, 1.82) is 0 Å². The summed E-state index contributed by atoms with van der Waals surface area (Å²) < 4.78 is 11.1. The molecule has 0 aliphatic carbocycles. The number of hydrogen-bond donors (Lipinski definition) is 0. The zero-order valence-corrected chi connectivity index (χ0v) is 34.6. The SMILES string of the molecule is c1ccc(-c2cccc(-c3cccc4c3sc3c(-c5nc(-c6ccccc6)nc(-c6cccc7oc8ccccc8c67)n5)cc(-n5c6ccccc6c6ccccc65)cc34)c2)cc1. The van der Waals surface area contributed by atoms with Gasteiger partial charge in [-0.05, 0) is 64.7 Å². The van der Waals surface area contributed by atoms with Crippen LogP contribution < -0.4 is 0 Å². The number of nitrogens with zero attached hydrogens (tertiary/aromatic N) is 4. The number of thiophene rings is 1. The molecule has 0 amide bonds. The molecule has 0 N–H and O–H groups in total. The first-order valence-electron chi connectivity index (χ1n) is 21.1. The van der Waals surface area contributed by atoms with E-state index in [1.165, 1.54) is 43.1 Å². The normalized spacial score (nSPS) is 11.8. The fourth-order valence-corrected chi connectivity index (χ4v) is 10.7. The molecule has 6 heteroatoms. The van der Waals surface area contributed by atoms with Crippen LogP contribution in [0.4, 0.5) is 0 Å². The predicted molar refractivity (Wildman–Crippen MR) is 262 cm³/mol. The molecule has 0 aliphatic heterocycles. The average molecular weight is 823 g/mol. The number of furan rings is 1. The van der Waals surface area contributed by atoms with Crippen molar-refractivity contribution in [3.05, 3.63) is 206 Å². The van der Waals surface area contributed by atoms with Crippen molar-refractivity contribution in [3.63, 3.8) is 0 Å². The standard InChI is InChI=1S/C57H34N4OS/c1-3-16-35(17-4-1)37-20-13-21-38(32-37)40-25-14-26-43-46-33-39(61-48-28-10-7-22-41(48)42-23-8-11-29-49(42)61)34-47(54(46)63-53(40)43)57-59-55(36-18-5-2-6-19-36)58-56(60-57)45-27-15-31-51-52(45)44-24-9-12-30-50(44)62-51/h1-34H. The first-order valence-corrected chi connectivity index (χ1v) is 21.9. The molecule has 9 aromatic carbocycles. The summed E-state index contributed by atoms with van der Waals surface area (Å²) in [6, 6.07) is 72.7. The van der Waals surface area contributed by atoms with Gasteiger partial charge >= 0.3 is 0 Å². The fourth-order valence-electron chi connectivity index (χ4n) is 9.40. The lowest BCUT2D eigenvalue weighted by Crippen LogP contribution is -2.01. The van der Waals surface area contributed by atoms with Gasteiger partial charge in [-0.1, -0.05) is 164 Å². The van der Waals surface area contributed by atoms with Gasteiger partial charge in [-0.2, -0.15) is 0 Å². The molecule has 0 spiro atoms. The fraction of sp³-hybridized carbons (Fsp3) is 0. The molecule has 5 nitrogen and oxygen atoms in total. The Labute approximate surface area is 365 Å². The van der Waals surface area contributed by atoms with E-state index in [1.54, 1.807) is 11.3 Å². The molecule has 0 radical (unpaired) electrons. The lowest BCUT2D eigenvalue weighted by molar-refractivity contribution is 0.669. The third-order valence-electron chi connectivity index (χ3n) is 12.3. The molecular weight excluding hydrogens is 789 g/mol. The topological polar surface area (TPSA) is 56.7 Å². The van der Waals surface area contributed by atoms with Gasteiger partial charge in [0.2, 0.25) is 0 Å². The minimum absolute atomic E-state index is 0.589. The second kappa shape index (κ2) is 14.2. The van der Waals surface area contributed by atoms with E-state index in [0.29, 0.717) is 17.5 Å². The summed E-state index contributed by atoms with van der Waals surface area (Å²) >= 11 is 1.80. The van der Waals surface area contributed by atoms with Crippen LogP contribution in [-0.2, 0) is 0 Å². The van der Waals surface area contributed by atoms with Crippen LogP contribution in [0.1, 0.15) is 0 Å². The largest absolute Gasteiger partial charge is 0.456 e. The Balaban J connectivity index is 1.12. The van der Waals surface area contributed by atoms with Crippen LogP contribution in [0.25, 0.3) is 126 Å². The summed E-state index contributed by atoms with van der Waals surface area (Å²) in [5, 5.41) is 6.76. The Bertz CT molecular complexity index is 3870.